The van der Waals surface area contributed by atoms with E-state index in [4.69, 9.17) is 0 Å². The van der Waals surface area contributed by atoms with Crippen molar-refractivity contribution in [3.05, 3.63) is 212 Å². The minimum Gasteiger partial charge on any atom is -0.310 e. The second-order valence-corrected chi connectivity index (χ2v) is 12.2. The van der Waals surface area contributed by atoms with E-state index in [1.54, 1.807) is 0 Å². The van der Waals surface area contributed by atoms with Crippen LogP contribution in [-0.4, -0.2) is 0 Å². The van der Waals surface area contributed by atoms with Gasteiger partial charge in [-0.2, -0.15) is 0 Å². The summed E-state index contributed by atoms with van der Waals surface area (Å²) in [7, 11) is 0. The van der Waals surface area contributed by atoms with Gasteiger partial charge in [-0.05, 0) is 86.5 Å². The van der Waals surface area contributed by atoms with Gasteiger partial charge in [-0.3, -0.25) is 0 Å². The molecule has 0 aliphatic rings. The topological polar surface area (TPSA) is 3.24 Å². The van der Waals surface area contributed by atoms with Crippen molar-refractivity contribution in [3.63, 3.8) is 0 Å². The molecule has 8 rings (SSSR count). The molecule has 0 heterocycles. The van der Waals surface area contributed by atoms with E-state index in [1.165, 1.54) is 55.6 Å². The molecule has 8 aromatic rings. The number of nitrogens with zero attached hydrogens (tertiary/aromatic N) is 1. The fourth-order valence-electron chi connectivity index (χ4n) is 6.67. The summed E-state index contributed by atoms with van der Waals surface area (Å²) in [5, 5.41) is 0. The third-order valence-electron chi connectivity index (χ3n) is 9.09. The first-order chi connectivity index (χ1) is 24.3. The van der Waals surface area contributed by atoms with Crippen LogP contribution in [0.15, 0.2) is 212 Å². The van der Waals surface area contributed by atoms with Crippen LogP contribution >= 0.6 is 0 Å². The number of hydrogen-bond donors (Lipinski definition) is 0. The average Bonchev–Trinajstić information content (AvgIpc) is 3.20. The van der Waals surface area contributed by atoms with Gasteiger partial charge in [-0.25, -0.2) is 0 Å². The summed E-state index contributed by atoms with van der Waals surface area (Å²) in [4.78, 5) is 2.40. The first-order valence-electron chi connectivity index (χ1n) is 16.8. The second kappa shape index (κ2) is 13.7. The summed E-state index contributed by atoms with van der Waals surface area (Å²) >= 11 is 0. The molecule has 0 unspecified atom stereocenters. The minimum atomic E-state index is 1.10. The highest BCUT2D eigenvalue weighted by Crippen LogP contribution is 2.44. The Bertz CT molecular complexity index is 2290. The SMILES string of the molecule is c1ccc(-c2ccc(N(c3cccc(-c4ccccc4)c3)c3ccc(-c4ccccc4-c4ccccc4)cc3-c3ccccc3)cc2)cc1. The Balaban J connectivity index is 1.32. The van der Waals surface area contributed by atoms with Gasteiger partial charge in [0.05, 0.1) is 5.69 Å². The molecular formula is C48H35N. The molecule has 0 N–H and O–H groups in total. The summed E-state index contributed by atoms with van der Waals surface area (Å²) in [5.41, 5.74) is 15.2. The van der Waals surface area contributed by atoms with E-state index in [-0.39, 0.29) is 0 Å². The van der Waals surface area contributed by atoms with Gasteiger partial charge in [-0.15, -0.1) is 0 Å². The van der Waals surface area contributed by atoms with Crippen molar-refractivity contribution < 1.29 is 0 Å². The highest BCUT2D eigenvalue weighted by atomic mass is 15.1. The van der Waals surface area contributed by atoms with Crippen LogP contribution in [0.2, 0.25) is 0 Å². The normalized spacial score (nSPS) is 10.9. The van der Waals surface area contributed by atoms with Crippen LogP contribution in [0.5, 0.6) is 0 Å². The smallest absolute Gasteiger partial charge is 0.0540 e. The molecule has 0 bridgehead atoms. The maximum Gasteiger partial charge on any atom is 0.0540 e. The summed E-state index contributed by atoms with van der Waals surface area (Å²) in [6.45, 7) is 0. The van der Waals surface area contributed by atoms with Crippen LogP contribution in [0, 0.1) is 0 Å². The molecule has 0 aliphatic carbocycles. The summed E-state index contributed by atoms with van der Waals surface area (Å²) < 4.78 is 0. The van der Waals surface area contributed by atoms with Gasteiger partial charge in [0.25, 0.3) is 0 Å². The lowest BCUT2D eigenvalue weighted by molar-refractivity contribution is 1.28. The lowest BCUT2D eigenvalue weighted by atomic mass is 9.91. The molecule has 0 fully saturated rings. The zero-order valence-corrected chi connectivity index (χ0v) is 27.2. The van der Waals surface area contributed by atoms with E-state index in [0.717, 1.165) is 17.1 Å². The number of rotatable bonds is 8. The van der Waals surface area contributed by atoms with Gasteiger partial charge in [0.1, 0.15) is 0 Å². The molecule has 0 aliphatic heterocycles. The van der Waals surface area contributed by atoms with E-state index < -0.39 is 0 Å². The molecule has 8 aromatic carbocycles. The number of benzene rings is 8. The van der Waals surface area contributed by atoms with Gasteiger partial charge < -0.3 is 4.90 Å². The Morgan fingerprint density at radius 1 is 0.224 bits per heavy atom. The minimum absolute atomic E-state index is 1.10. The Hall–Kier alpha value is -6.44. The highest BCUT2D eigenvalue weighted by Gasteiger charge is 2.20. The molecule has 0 amide bonds. The largest absolute Gasteiger partial charge is 0.310 e. The Kier molecular flexibility index (Phi) is 8.39. The first-order valence-corrected chi connectivity index (χ1v) is 16.8. The van der Waals surface area contributed by atoms with Crippen LogP contribution in [0.4, 0.5) is 17.1 Å². The number of hydrogen-bond acceptors (Lipinski definition) is 1. The summed E-state index contributed by atoms with van der Waals surface area (Å²) in [6, 6.07) is 76.0. The Morgan fingerprint density at radius 2 is 0.653 bits per heavy atom. The molecule has 232 valence electrons. The zero-order valence-electron chi connectivity index (χ0n) is 27.2. The van der Waals surface area contributed by atoms with Crippen molar-refractivity contribution in [2.45, 2.75) is 0 Å². The Labute approximate surface area is 289 Å². The summed E-state index contributed by atoms with van der Waals surface area (Å²) in [5.74, 6) is 0. The van der Waals surface area contributed by atoms with Crippen molar-refractivity contribution in [1.29, 1.82) is 0 Å². The van der Waals surface area contributed by atoms with Gasteiger partial charge in [0.2, 0.25) is 0 Å². The number of anilines is 3. The third kappa shape index (κ3) is 6.31. The van der Waals surface area contributed by atoms with E-state index in [2.05, 4.69) is 217 Å². The second-order valence-electron chi connectivity index (χ2n) is 12.2. The highest BCUT2D eigenvalue weighted by molar-refractivity contribution is 5.93. The third-order valence-corrected chi connectivity index (χ3v) is 9.09. The maximum atomic E-state index is 2.40. The van der Waals surface area contributed by atoms with Crippen LogP contribution in [0.3, 0.4) is 0 Å². The fraction of sp³-hybridized carbons (Fsp3) is 0. The molecule has 0 spiro atoms. The van der Waals surface area contributed by atoms with Crippen molar-refractivity contribution in [2.75, 3.05) is 4.90 Å². The van der Waals surface area contributed by atoms with Crippen molar-refractivity contribution in [1.82, 2.24) is 0 Å². The molecule has 0 atom stereocenters. The summed E-state index contributed by atoms with van der Waals surface area (Å²) in [6.07, 6.45) is 0. The first kappa shape index (κ1) is 29.9. The molecule has 0 saturated carbocycles. The van der Waals surface area contributed by atoms with Crippen molar-refractivity contribution in [2.24, 2.45) is 0 Å². The predicted octanol–water partition coefficient (Wildman–Crippen LogP) is 13.5. The molecule has 0 saturated heterocycles. The van der Waals surface area contributed by atoms with Crippen molar-refractivity contribution >= 4 is 17.1 Å². The predicted molar refractivity (Wildman–Crippen MR) is 208 cm³/mol. The van der Waals surface area contributed by atoms with Gasteiger partial charge in [0.15, 0.2) is 0 Å². The molecule has 0 aromatic heterocycles. The van der Waals surface area contributed by atoms with Gasteiger partial charge in [-0.1, -0.05) is 176 Å². The standard InChI is InChI=1S/C48H35N/c1-5-16-36(17-6-1)38-28-31-43(32-29-38)49(44-25-15-24-41(34-44)37-18-7-2-8-19-37)48-33-30-42(35-47(48)40-22-11-4-12-23-40)46-27-14-13-26-45(46)39-20-9-3-10-21-39/h1-35H. The molecule has 1 heteroatoms. The molecular weight excluding hydrogens is 591 g/mol. The molecule has 0 radical (unpaired) electrons. The zero-order chi connectivity index (χ0) is 32.8. The van der Waals surface area contributed by atoms with Gasteiger partial charge >= 0.3 is 0 Å². The lowest BCUT2D eigenvalue weighted by Crippen LogP contribution is -2.11. The molecule has 49 heavy (non-hydrogen) atoms. The van der Waals surface area contributed by atoms with Crippen LogP contribution in [-0.2, 0) is 0 Å². The van der Waals surface area contributed by atoms with Gasteiger partial charge in [0, 0.05) is 16.9 Å². The van der Waals surface area contributed by atoms with E-state index in [9.17, 15) is 0 Å². The van der Waals surface area contributed by atoms with E-state index in [1.807, 2.05) is 0 Å². The Morgan fingerprint density at radius 3 is 1.24 bits per heavy atom. The van der Waals surface area contributed by atoms with Crippen LogP contribution in [0.1, 0.15) is 0 Å². The van der Waals surface area contributed by atoms with Crippen LogP contribution in [0.25, 0.3) is 55.6 Å². The monoisotopic (exact) mass is 625 g/mol. The average molecular weight is 626 g/mol. The van der Waals surface area contributed by atoms with Crippen molar-refractivity contribution in [3.8, 4) is 55.6 Å². The lowest BCUT2D eigenvalue weighted by Gasteiger charge is -2.29. The quantitative estimate of drug-likeness (QED) is 0.162. The van der Waals surface area contributed by atoms with E-state index >= 15 is 0 Å². The fourth-order valence-corrected chi connectivity index (χ4v) is 6.67. The molecule has 1 nitrogen and oxygen atoms in total. The van der Waals surface area contributed by atoms with E-state index in [0.29, 0.717) is 0 Å². The van der Waals surface area contributed by atoms with Crippen LogP contribution < -0.4 is 4.90 Å². The maximum absolute atomic E-state index is 2.40.